The summed E-state index contributed by atoms with van der Waals surface area (Å²) in [6.07, 6.45) is 0. The average Bonchev–Trinajstić information content (AvgIpc) is 2.71. The average molecular weight is 265 g/mol. The smallest absolute Gasteiger partial charge is 0.308 e. The van der Waals surface area contributed by atoms with Gasteiger partial charge < -0.3 is 10.0 Å². The van der Waals surface area contributed by atoms with E-state index in [0.717, 1.165) is 5.69 Å². The fourth-order valence-electron chi connectivity index (χ4n) is 2.36. The molecule has 1 aromatic carbocycles. The number of halogens is 1. The van der Waals surface area contributed by atoms with E-state index in [2.05, 4.69) is 6.07 Å². The molecule has 1 heterocycles. The van der Waals surface area contributed by atoms with Crippen molar-refractivity contribution in [3.8, 4) is 6.07 Å². The van der Waals surface area contributed by atoms with E-state index < -0.39 is 5.97 Å². The molecular weight excluding hydrogens is 252 g/mol. The monoisotopic (exact) mass is 264 g/mol. The van der Waals surface area contributed by atoms with Crippen LogP contribution in [0.3, 0.4) is 0 Å². The van der Waals surface area contributed by atoms with Crippen molar-refractivity contribution < 1.29 is 9.90 Å². The molecule has 94 valence electrons. The van der Waals surface area contributed by atoms with Crippen LogP contribution >= 0.6 is 11.6 Å². The van der Waals surface area contributed by atoms with Crippen molar-refractivity contribution in [2.75, 3.05) is 18.0 Å². The molecule has 2 rings (SSSR count). The molecule has 2 unspecified atom stereocenters. The van der Waals surface area contributed by atoms with Crippen molar-refractivity contribution in [3.63, 3.8) is 0 Å². The molecule has 1 aromatic rings. The van der Waals surface area contributed by atoms with Gasteiger partial charge in [-0.1, -0.05) is 18.5 Å². The molecule has 1 aliphatic rings. The second-order valence-electron chi connectivity index (χ2n) is 4.60. The lowest BCUT2D eigenvalue weighted by atomic mass is 9.99. The minimum Gasteiger partial charge on any atom is -0.481 e. The Morgan fingerprint density at radius 2 is 2.28 bits per heavy atom. The Morgan fingerprint density at radius 3 is 2.83 bits per heavy atom. The molecule has 2 atom stereocenters. The number of hydrogen-bond donors (Lipinski definition) is 1. The zero-order valence-corrected chi connectivity index (χ0v) is 10.7. The summed E-state index contributed by atoms with van der Waals surface area (Å²) in [5, 5.41) is 18.7. The van der Waals surface area contributed by atoms with Crippen LogP contribution in [0.2, 0.25) is 5.02 Å². The molecular formula is C13H13ClN2O2. The summed E-state index contributed by atoms with van der Waals surface area (Å²) in [4.78, 5) is 13.0. The van der Waals surface area contributed by atoms with E-state index in [4.69, 9.17) is 22.0 Å². The number of rotatable bonds is 2. The minimum absolute atomic E-state index is 0.0738. The van der Waals surface area contributed by atoms with Crippen molar-refractivity contribution in [1.82, 2.24) is 0 Å². The maximum atomic E-state index is 11.1. The van der Waals surface area contributed by atoms with Gasteiger partial charge in [0.25, 0.3) is 0 Å². The highest BCUT2D eigenvalue weighted by Crippen LogP contribution is 2.31. The zero-order valence-electron chi connectivity index (χ0n) is 9.93. The molecule has 4 nitrogen and oxygen atoms in total. The molecule has 1 N–H and O–H groups in total. The number of benzene rings is 1. The van der Waals surface area contributed by atoms with Crippen LogP contribution in [0.25, 0.3) is 0 Å². The zero-order chi connectivity index (χ0) is 13.3. The lowest BCUT2D eigenvalue weighted by Crippen LogP contribution is -2.23. The first kappa shape index (κ1) is 12.7. The molecule has 0 bridgehead atoms. The topological polar surface area (TPSA) is 64.3 Å². The number of nitriles is 1. The van der Waals surface area contributed by atoms with E-state index in [1.165, 1.54) is 0 Å². The fraction of sp³-hybridized carbons (Fsp3) is 0.385. The number of carboxylic acid groups (broad SMARTS) is 1. The third kappa shape index (κ3) is 2.27. The van der Waals surface area contributed by atoms with Crippen LogP contribution in [-0.2, 0) is 4.79 Å². The first-order chi connectivity index (χ1) is 8.52. The van der Waals surface area contributed by atoms with Crippen molar-refractivity contribution in [3.05, 3.63) is 28.8 Å². The van der Waals surface area contributed by atoms with E-state index in [1.807, 2.05) is 11.8 Å². The maximum Gasteiger partial charge on any atom is 0.308 e. The summed E-state index contributed by atoms with van der Waals surface area (Å²) in [7, 11) is 0. The van der Waals surface area contributed by atoms with Gasteiger partial charge in [0, 0.05) is 18.1 Å². The van der Waals surface area contributed by atoms with Crippen LogP contribution in [-0.4, -0.2) is 24.2 Å². The quantitative estimate of drug-likeness (QED) is 0.891. The van der Waals surface area contributed by atoms with Crippen LogP contribution in [0.5, 0.6) is 0 Å². The maximum absolute atomic E-state index is 11.1. The van der Waals surface area contributed by atoms with Gasteiger partial charge in [0.15, 0.2) is 0 Å². The highest BCUT2D eigenvalue weighted by atomic mass is 35.5. The van der Waals surface area contributed by atoms with E-state index in [1.54, 1.807) is 18.2 Å². The summed E-state index contributed by atoms with van der Waals surface area (Å²) in [5.74, 6) is -1.09. The van der Waals surface area contributed by atoms with Gasteiger partial charge in [0.1, 0.15) is 6.07 Å². The Balaban J connectivity index is 2.29. The van der Waals surface area contributed by atoms with Crippen LogP contribution in [0, 0.1) is 23.2 Å². The van der Waals surface area contributed by atoms with Crippen molar-refractivity contribution in [2.45, 2.75) is 6.92 Å². The summed E-state index contributed by atoms with van der Waals surface area (Å²) in [6.45, 7) is 3.00. The Bertz CT molecular complexity index is 524. The number of nitrogens with zero attached hydrogens (tertiary/aromatic N) is 2. The van der Waals surface area contributed by atoms with E-state index in [9.17, 15) is 4.79 Å². The number of aliphatic carboxylic acids is 1. The predicted molar refractivity (Wildman–Crippen MR) is 68.7 cm³/mol. The van der Waals surface area contributed by atoms with Gasteiger partial charge in [-0.15, -0.1) is 0 Å². The number of hydrogen-bond acceptors (Lipinski definition) is 3. The predicted octanol–water partition coefficient (Wildman–Crippen LogP) is 2.37. The molecule has 0 amide bonds. The van der Waals surface area contributed by atoms with Gasteiger partial charge in [0.05, 0.1) is 17.2 Å². The van der Waals surface area contributed by atoms with Crippen molar-refractivity contribution in [1.29, 1.82) is 5.26 Å². The van der Waals surface area contributed by atoms with Crippen molar-refractivity contribution >= 4 is 23.3 Å². The molecule has 0 saturated carbocycles. The normalized spacial score (nSPS) is 22.8. The molecule has 0 spiro atoms. The fourth-order valence-corrected chi connectivity index (χ4v) is 2.53. The highest BCUT2D eigenvalue weighted by molar-refractivity contribution is 6.30. The van der Waals surface area contributed by atoms with E-state index in [-0.39, 0.29) is 11.8 Å². The summed E-state index contributed by atoms with van der Waals surface area (Å²) in [5.41, 5.74) is 1.25. The first-order valence-electron chi connectivity index (χ1n) is 5.70. The Labute approximate surface area is 110 Å². The number of anilines is 1. The van der Waals surface area contributed by atoms with E-state index in [0.29, 0.717) is 23.7 Å². The molecule has 0 radical (unpaired) electrons. The molecule has 1 aliphatic heterocycles. The van der Waals surface area contributed by atoms with Crippen LogP contribution < -0.4 is 4.90 Å². The standard InChI is InChI=1S/C13H13ClN2O2/c1-8-6-16(7-11(8)13(17)18)12-3-2-10(14)4-9(12)5-15/h2-4,8,11H,6-7H2,1H3,(H,17,18). The Morgan fingerprint density at radius 1 is 1.56 bits per heavy atom. The first-order valence-corrected chi connectivity index (χ1v) is 6.08. The summed E-state index contributed by atoms with van der Waals surface area (Å²) >= 11 is 5.85. The molecule has 18 heavy (non-hydrogen) atoms. The van der Waals surface area contributed by atoms with Gasteiger partial charge in [-0.05, 0) is 24.1 Å². The van der Waals surface area contributed by atoms with Crippen LogP contribution in [0.1, 0.15) is 12.5 Å². The minimum atomic E-state index is -0.780. The second kappa shape index (κ2) is 4.87. The third-order valence-electron chi connectivity index (χ3n) is 3.35. The molecule has 1 fully saturated rings. The van der Waals surface area contributed by atoms with Gasteiger partial charge in [-0.25, -0.2) is 0 Å². The van der Waals surface area contributed by atoms with Gasteiger partial charge >= 0.3 is 5.97 Å². The molecule has 0 aliphatic carbocycles. The lowest BCUT2D eigenvalue weighted by Gasteiger charge is -2.19. The lowest BCUT2D eigenvalue weighted by molar-refractivity contribution is -0.142. The number of carbonyl (C=O) groups is 1. The van der Waals surface area contributed by atoms with Gasteiger partial charge in [-0.2, -0.15) is 5.26 Å². The molecule has 0 aromatic heterocycles. The van der Waals surface area contributed by atoms with E-state index >= 15 is 0 Å². The Kier molecular flexibility index (Phi) is 3.44. The van der Waals surface area contributed by atoms with Gasteiger partial charge in [-0.3, -0.25) is 4.79 Å². The largest absolute Gasteiger partial charge is 0.481 e. The molecule has 5 heteroatoms. The summed E-state index contributed by atoms with van der Waals surface area (Å²) < 4.78 is 0. The van der Waals surface area contributed by atoms with Gasteiger partial charge in [0.2, 0.25) is 0 Å². The Hall–Kier alpha value is -1.73. The summed E-state index contributed by atoms with van der Waals surface area (Å²) in [6, 6.07) is 7.20. The van der Waals surface area contributed by atoms with Crippen molar-refractivity contribution in [2.24, 2.45) is 11.8 Å². The SMILES string of the molecule is CC1CN(c2ccc(Cl)cc2C#N)CC1C(=O)O. The van der Waals surface area contributed by atoms with Crippen LogP contribution in [0.15, 0.2) is 18.2 Å². The third-order valence-corrected chi connectivity index (χ3v) is 3.58. The molecule has 1 saturated heterocycles. The number of carboxylic acids is 1. The highest BCUT2D eigenvalue weighted by Gasteiger charge is 2.35. The second-order valence-corrected chi connectivity index (χ2v) is 5.04. The van der Waals surface area contributed by atoms with Crippen LogP contribution in [0.4, 0.5) is 5.69 Å².